The second-order valence-corrected chi connectivity index (χ2v) is 6.07. The smallest absolute Gasteiger partial charge is 0.206 e. The van der Waals surface area contributed by atoms with Gasteiger partial charge in [-0.1, -0.05) is 25.1 Å². The molecule has 0 aliphatic heterocycles. The normalized spacial score (nSPS) is 23.1. The van der Waals surface area contributed by atoms with E-state index >= 15 is 0 Å². The summed E-state index contributed by atoms with van der Waals surface area (Å²) in [5.41, 5.74) is -0.470. The summed E-state index contributed by atoms with van der Waals surface area (Å²) in [5.74, 6) is -0.320. The Morgan fingerprint density at radius 2 is 1.77 bits per heavy atom. The Labute approximate surface area is 129 Å². The maximum absolute atomic E-state index is 13.7. The van der Waals surface area contributed by atoms with Crippen molar-refractivity contribution in [3.05, 3.63) is 47.3 Å². The van der Waals surface area contributed by atoms with E-state index in [1.807, 2.05) is 0 Å². The molecule has 1 aromatic carbocycles. The molecule has 0 radical (unpaired) electrons. The fraction of sp³-hybridized carbons (Fsp3) is 0.556. The van der Waals surface area contributed by atoms with Crippen molar-refractivity contribution in [2.45, 2.75) is 57.5 Å². The van der Waals surface area contributed by atoms with E-state index < -0.39 is 17.6 Å². The van der Waals surface area contributed by atoms with Crippen molar-refractivity contribution >= 4 is 0 Å². The highest BCUT2D eigenvalue weighted by Crippen LogP contribution is 2.39. The summed E-state index contributed by atoms with van der Waals surface area (Å²) >= 11 is 0. The van der Waals surface area contributed by atoms with E-state index in [1.165, 1.54) is 6.07 Å². The van der Waals surface area contributed by atoms with Crippen LogP contribution in [0.2, 0.25) is 0 Å². The van der Waals surface area contributed by atoms with Crippen LogP contribution >= 0.6 is 0 Å². The third kappa shape index (κ3) is 4.34. The summed E-state index contributed by atoms with van der Waals surface area (Å²) in [6.45, 7) is 2.10. The molecule has 1 saturated carbocycles. The molecule has 0 unspecified atom stereocenters. The van der Waals surface area contributed by atoms with Gasteiger partial charge in [0.2, 0.25) is 0 Å². The number of benzene rings is 1. The van der Waals surface area contributed by atoms with Gasteiger partial charge in [0, 0.05) is 0 Å². The summed E-state index contributed by atoms with van der Waals surface area (Å²) in [7, 11) is 0. The monoisotopic (exact) mass is 314 g/mol. The van der Waals surface area contributed by atoms with Crippen molar-refractivity contribution in [3.63, 3.8) is 0 Å². The molecule has 0 spiro atoms. The Morgan fingerprint density at radius 3 is 2.32 bits per heavy atom. The van der Waals surface area contributed by atoms with Gasteiger partial charge < -0.3 is 0 Å². The molecule has 1 aliphatic rings. The fourth-order valence-electron chi connectivity index (χ4n) is 3.20. The minimum Gasteiger partial charge on any atom is -0.206 e. The molecule has 0 amide bonds. The van der Waals surface area contributed by atoms with Crippen LogP contribution in [0.15, 0.2) is 30.4 Å². The van der Waals surface area contributed by atoms with Gasteiger partial charge in [-0.05, 0) is 68.1 Å². The average molecular weight is 314 g/mol. The molecule has 2 rings (SSSR count). The third-order valence-electron chi connectivity index (χ3n) is 4.49. The average Bonchev–Trinajstić information content (AvgIpc) is 2.47. The zero-order valence-electron chi connectivity index (χ0n) is 12.8. The molecule has 1 aliphatic carbocycles. The highest BCUT2D eigenvalue weighted by Gasteiger charge is 2.34. The van der Waals surface area contributed by atoms with Crippen LogP contribution in [0.3, 0.4) is 0 Å². The zero-order valence-corrected chi connectivity index (χ0v) is 12.8. The predicted molar refractivity (Wildman–Crippen MR) is 80.1 cm³/mol. The lowest BCUT2D eigenvalue weighted by Crippen LogP contribution is -2.14. The van der Waals surface area contributed by atoms with E-state index in [1.54, 1.807) is 0 Å². The lowest BCUT2D eigenvalue weighted by atomic mass is 9.77. The Hall–Kier alpha value is -1.32. The molecule has 22 heavy (non-hydrogen) atoms. The molecule has 0 heterocycles. The van der Waals surface area contributed by atoms with Crippen molar-refractivity contribution in [1.29, 1.82) is 0 Å². The second-order valence-electron chi connectivity index (χ2n) is 6.07. The molecule has 0 N–H and O–H groups in total. The molecule has 0 bridgehead atoms. The third-order valence-corrected chi connectivity index (χ3v) is 4.49. The lowest BCUT2D eigenvalue weighted by Gasteiger charge is -2.28. The van der Waals surface area contributed by atoms with Crippen LogP contribution < -0.4 is 0 Å². The van der Waals surface area contributed by atoms with Crippen LogP contribution in [0, 0.1) is 11.7 Å². The van der Waals surface area contributed by atoms with E-state index in [-0.39, 0.29) is 5.92 Å². The van der Waals surface area contributed by atoms with Crippen molar-refractivity contribution < 1.29 is 17.6 Å². The number of hydrogen-bond donors (Lipinski definition) is 0. The number of halogens is 4. The molecular weight excluding hydrogens is 292 g/mol. The van der Waals surface area contributed by atoms with Gasteiger partial charge in [-0.25, -0.2) is 4.39 Å². The highest BCUT2D eigenvalue weighted by atomic mass is 19.4. The van der Waals surface area contributed by atoms with E-state index in [0.29, 0.717) is 11.5 Å². The Bertz CT molecular complexity index is 508. The van der Waals surface area contributed by atoms with E-state index in [2.05, 4.69) is 19.1 Å². The number of hydrogen-bond acceptors (Lipinski definition) is 0. The number of allylic oxidation sites excluding steroid dienone is 2. The summed E-state index contributed by atoms with van der Waals surface area (Å²) in [6, 6.07) is 3.39. The second kappa shape index (κ2) is 7.30. The van der Waals surface area contributed by atoms with Crippen molar-refractivity contribution in [2.24, 2.45) is 5.92 Å². The maximum atomic E-state index is 13.7. The zero-order chi connectivity index (χ0) is 16.2. The van der Waals surface area contributed by atoms with E-state index in [4.69, 9.17) is 0 Å². The van der Waals surface area contributed by atoms with Gasteiger partial charge in [0.15, 0.2) is 0 Å². The predicted octanol–water partition coefficient (Wildman–Crippen LogP) is 6.47. The summed E-state index contributed by atoms with van der Waals surface area (Å²) in [6.07, 6.45) is 5.84. The maximum Gasteiger partial charge on any atom is 0.419 e. The van der Waals surface area contributed by atoms with Gasteiger partial charge in [0.1, 0.15) is 5.82 Å². The Morgan fingerprint density at radius 1 is 1.09 bits per heavy atom. The van der Waals surface area contributed by atoms with Crippen LogP contribution in [-0.4, -0.2) is 0 Å². The molecule has 0 aromatic heterocycles. The number of alkyl halides is 3. The fourth-order valence-corrected chi connectivity index (χ4v) is 3.20. The largest absolute Gasteiger partial charge is 0.419 e. The SMILES string of the molecule is CC/C=C\CC1CCC(c2ccc(C(F)(F)F)c(F)c2)CC1. The van der Waals surface area contributed by atoms with Crippen molar-refractivity contribution in [1.82, 2.24) is 0 Å². The van der Waals surface area contributed by atoms with Gasteiger partial charge in [0.25, 0.3) is 0 Å². The van der Waals surface area contributed by atoms with Gasteiger partial charge in [-0.3, -0.25) is 0 Å². The first-order valence-electron chi connectivity index (χ1n) is 7.93. The van der Waals surface area contributed by atoms with E-state index in [9.17, 15) is 17.6 Å². The summed E-state index contributed by atoms with van der Waals surface area (Å²) < 4.78 is 51.4. The Kier molecular flexibility index (Phi) is 5.65. The molecular formula is C18H22F4. The minimum absolute atomic E-state index is 0.184. The summed E-state index contributed by atoms with van der Waals surface area (Å²) in [4.78, 5) is 0. The van der Waals surface area contributed by atoms with Crippen LogP contribution in [0.5, 0.6) is 0 Å². The highest BCUT2D eigenvalue weighted by molar-refractivity contribution is 5.29. The van der Waals surface area contributed by atoms with Crippen LogP contribution in [0.25, 0.3) is 0 Å². The lowest BCUT2D eigenvalue weighted by molar-refractivity contribution is -0.140. The first kappa shape index (κ1) is 17.0. The Balaban J connectivity index is 1.97. The quantitative estimate of drug-likeness (QED) is 0.441. The van der Waals surface area contributed by atoms with Gasteiger partial charge in [-0.2, -0.15) is 13.2 Å². The molecule has 4 heteroatoms. The molecule has 1 aromatic rings. The molecule has 0 saturated heterocycles. The summed E-state index contributed by atoms with van der Waals surface area (Å²) in [5, 5.41) is 0. The van der Waals surface area contributed by atoms with Crippen molar-refractivity contribution in [3.8, 4) is 0 Å². The molecule has 122 valence electrons. The standard InChI is InChI=1S/C18H22F4/c1-2-3-4-5-13-6-8-14(9-7-13)15-10-11-16(17(19)12-15)18(20,21)22/h3-4,10-14H,2,5-9H2,1H3/b4-3-. The van der Waals surface area contributed by atoms with Gasteiger partial charge in [-0.15, -0.1) is 0 Å². The first-order valence-corrected chi connectivity index (χ1v) is 7.93. The van der Waals surface area contributed by atoms with Gasteiger partial charge >= 0.3 is 6.18 Å². The van der Waals surface area contributed by atoms with Crippen LogP contribution in [0.1, 0.15) is 62.5 Å². The first-order chi connectivity index (χ1) is 10.4. The van der Waals surface area contributed by atoms with Crippen LogP contribution in [0.4, 0.5) is 17.6 Å². The van der Waals surface area contributed by atoms with E-state index in [0.717, 1.165) is 50.7 Å². The van der Waals surface area contributed by atoms with Crippen molar-refractivity contribution in [2.75, 3.05) is 0 Å². The topological polar surface area (TPSA) is 0 Å². The number of rotatable bonds is 4. The minimum atomic E-state index is -4.62. The molecule has 1 fully saturated rings. The molecule has 0 atom stereocenters. The van der Waals surface area contributed by atoms with Gasteiger partial charge in [0.05, 0.1) is 5.56 Å². The van der Waals surface area contributed by atoms with Crippen LogP contribution in [-0.2, 0) is 6.18 Å². The molecule has 0 nitrogen and oxygen atoms in total.